The van der Waals surface area contributed by atoms with E-state index < -0.39 is 10.8 Å². The van der Waals surface area contributed by atoms with E-state index in [-0.39, 0.29) is 22.8 Å². The normalized spacial score (nSPS) is 10.9. The number of furan rings is 1. The molecule has 0 spiro atoms. The summed E-state index contributed by atoms with van der Waals surface area (Å²) in [6.07, 6.45) is 1.28. The highest BCUT2D eigenvalue weighted by molar-refractivity contribution is 6.09. The van der Waals surface area contributed by atoms with Crippen LogP contribution in [0.3, 0.4) is 0 Å². The highest BCUT2D eigenvalue weighted by atomic mass is 16.6. The minimum atomic E-state index is -0.606. The highest BCUT2D eigenvalue weighted by Crippen LogP contribution is 2.31. The van der Waals surface area contributed by atoms with Crippen LogP contribution in [-0.4, -0.2) is 17.4 Å². The zero-order chi connectivity index (χ0) is 21.5. The van der Waals surface area contributed by atoms with Gasteiger partial charge in [0.2, 0.25) is 0 Å². The van der Waals surface area contributed by atoms with Gasteiger partial charge in [-0.15, -0.1) is 0 Å². The van der Waals surface area contributed by atoms with Crippen molar-refractivity contribution in [3.63, 3.8) is 0 Å². The molecule has 3 rings (SSSR count). The van der Waals surface area contributed by atoms with Crippen molar-refractivity contribution in [2.45, 2.75) is 6.92 Å². The monoisotopic (exact) mass is 403 g/mol. The molecule has 0 aliphatic heterocycles. The third-order valence-electron chi connectivity index (χ3n) is 4.07. The van der Waals surface area contributed by atoms with E-state index in [0.717, 1.165) is 0 Å². The summed E-state index contributed by atoms with van der Waals surface area (Å²) in [5, 5.41) is 23.2. The number of amides is 1. The van der Waals surface area contributed by atoms with Crippen LogP contribution in [0.5, 0.6) is 5.75 Å². The first kappa shape index (κ1) is 20.4. The van der Waals surface area contributed by atoms with Crippen molar-refractivity contribution in [3.05, 3.63) is 82.1 Å². The van der Waals surface area contributed by atoms with Crippen LogP contribution in [-0.2, 0) is 4.79 Å². The Hall–Kier alpha value is -4.38. The van der Waals surface area contributed by atoms with E-state index in [1.807, 2.05) is 13.0 Å². The summed E-state index contributed by atoms with van der Waals surface area (Å²) >= 11 is 0. The Labute approximate surface area is 172 Å². The molecule has 0 aliphatic carbocycles. The molecule has 0 unspecified atom stereocenters. The van der Waals surface area contributed by atoms with E-state index in [4.69, 9.17) is 9.15 Å². The minimum Gasteiger partial charge on any atom is -0.494 e. The summed E-state index contributed by atoms with van der Waals surface area (Å²) in [4.78, 5) is 23.1. The number of nitro benzene ring substituents is 1. The van der Waals surface area contributed by atoms with Crippen molar-refractivity contribution in [1.82, 2.24) is 0 Å². The van der Waals surface area contributed by atoms with Crippen LogP contribution < -0.4 is 10.1 Å². The standard InChI is InChI=1S/C22H17N3O5/c1-2-29-17-9-7-16(8-10-17)24-22(26)15(14-23)13-18-11-12-21(30-18)19-5-3-4-6-20(19)25(27)28/h3-13H,2H2,1H3,(H,24,26)/b15-13+. The van der Waals surface area contributed by atoms with Crippen LogP contribution in [0, 0.1) is 21.4 Å². The number of carbonyl (C=O) groups is 1. The number of ether oxygens (including phenoxy) is 1. The molecule has 1 N–H and O–H groups in total. The van der Waals surface area contributed by atoms with Crippen molar-refractivity contribution in [2.75, 3.05) is 11.9 Å². The Balaban J connectivity index is 1.79. The number of para-hydroxylation sites is 1. The van der Waals surface area contributed by atoms with E-state index in [1.54, 1.807) is 48.5 Å². The van der Waals surface area contributed by atoms with Gasteiger partial charge in [0, 0.05) is 17.8 Å². The van der Waals surface area contributed by atoms with E-state index in [9.17, 15) is 20.2 Å². The fourth-order valence-electron chi connectivity index (χ4n) is 2.71. The molecular formula is C22H17N3O5. The van der Waals surface area contributed by atoms with Crippen LogP contribution in [0.15, 0.2) is 70.7 Å². The number of anilines is 1. The van der Waals surface area contributed by atoms with Gasteiger partial charge in [-0.1, -0.05) is 12.1 Å². The van der Waals surface area contributed by atoms with Crippen LogP contribution in [0.4, 0.5) is 11.4 Å². The number of rotatable bonds is 7. The first-order chi connectivity index (χ1) is 14.5. The number of nitrogens with one attached hydrogen (secondary N) is 1. The number of hydrogen-bond donors (Lipinski definition) is 1. The number of hydrogen-bond acceptors (Lipinski definition) is 6. The summed E-state index contributed by atoms with van der Waals surface area (Å²) in [6, 6.07) is 17.8. The van der Waals surface area contributed by atoms with Gasteiger partial charge in [-0.2, -0.15) is 5.26 Å². The van der Waals surface area contributed by atoms with Crippen LogP contribution in [0.25, 0.3) is 17.4 Å². The zero-order valence-electron chi connectivity index (χ0n) is 16.0. The molecule has 1 aromatic heterocycles. The number of carbonyl (C=O) groups excluding carboxylic acids is 1. The number of nitrogens with zero attached hydrogens (tertiary/aromatic N) is 2. The topological polar surface area (TPSA) is 118 Å². The number of nitriles is 1. The lowest BCUT2D eigenvalue weighted by Crippen LogP contribution is -2.13. The molecule has 0 fully saturated rings. The molecule has 0 atom stereocenters. The maximum Gasteiger partial charge on any atom is 0.280 e. The molecule has 150 valence electrons. The van der Waals surface area contributed by atoms with Crippen molar-refractivity contribution in [3.8, 4) is 23.1 Å². The van der Waals surface area contributed by atoms with Crippen molar-refractivity contribution < 1.29 is 18.9 Å². The average molecular weight is 403 g/mol. The Morgan fingerprint density at radius 2 is 1.93 bits per heavy atom. The molecule has 8 nitrogen and oxygen atoms in total. The van der Waals surface area contributed by atoms with E-state index in [2.05, 4.69) is 5.32 Å². The lowest BCUT2D eigenvalue weighted by molar-refractivity contribution is -0.384. The fraction of sp³-hybridized carbons (Fsp3) is 0.0909. The molecule has 3 aromatic rings. The van der Waals surface area contributed by atoms with Gasteiger partial charge in [0.05, 0.1) is 17.1 Å². The predicted octanol–water partition coefficient (Wildman–Crippen LogP) is 4.80. The summed E-state index contributed by atoms with van der Waals surface area (Å²) < 4.78 is 11.0. The van der Waals surface area contributed by atoms with Gasteiger partial charge in [0.15, 0.2) is 0 Å². The van der Waals surface area contributed by atoms with Gasteiger partial charge < -0.3 is 14.5 Å². The van der Waals surface area contributed by atoms with Crippen LogP contribution in [0.1, 0.15) is 12.7 Å². The number of nitro groups is 1. The maximum atomic E-state index is 12.4. The SMILES string of the molecule is CCOc1ccc(NC(=O)/C(C#N)=C/c2ccc(-c3ccccc3[N+](=O)[O-])o2)cc1. The molecule has 30 heavy (non-hydrogen) atoms. The lowest BCUT2D eigenvalue weighted by Gasteiger charge is -2.06. The van der Waals surface area contributed by atoms with Crippen molar-refractivity contribution >= 4 is 23.4 Å². The molecule has 2 aromatic carbocycles. The molecule has 0 bridgehead atoms. The zero-order valence-corrected chi connectivity index (χ0v) is 16.0. The summed E-state index contributed by atoms with van der Waals surface area (Å²) in [6.45, 7) is 2.40. The van der Waals surface area contributed by atoms with Gasteiger partial charge in [0.25, 0.3) is 11.6 Å². The Bertz CT molecular complexity index is 1140. The average Bonchev–Trinajstić information content (AvgIpc) is 3.22. The molecule has 0 radical (unpaired) electrons. The predicted molar refractivity (Wildman–Crippen MR) is 111 cm³/mol. The molecule has 0 saturated heterocycles. The third-order valence-corrected chi connectivity index (χ3v) is 4.07. The molecular weight excluding hydrogens is 386 g/mol. The molecule has 1 heterocycles. The van der Waals surface area contributed by atoms with Gasteiger partial charge >= 0.3 is 0 Å². The molecule has 0 aliphatic rings. The Kier molecular flexibility index (Phi) is 6.25. The quantitative estimate of drug-likeness (QED) is 0.262. The van der Waals surface area contributed by atoms with Crippen molar-refractivity contribution in [2.24, 2.45) is 0 Å². The second-order valence-corrected chi connectivity index (χ2v) is 6.06. The van der Waals surface area contributed by atoms with Crippen molar-refractivity contribution in [1.29, 1.82) is 5.26 Å². The summed E-state index contributed by atoms with van der Waals surface area (Å²) in [7, 11) is 0. The summed E-state index contributed by atoms with van der Waals surface area (Å²) in [5.74, 6) is 0.550. The van der Waals surface area contributed by atoms with Gasteiger partial charge in [-0.3, -0.25) is 14.9 Å². The lowest BCUT2D eigenvalue weighted by atomic mass is 10.1. The van der Waals surface area contributed by atoms with E-state index >= 15 is 0 Å². The van der Waals surface area contributed by atoms with Crippen LogP contribution in [0.2, 0.25) is 0 Å². The first-order valence-electron chi connectivity index (χ1n) is 9.01. The fourth-order valence-corrected chi connectivity index (χ4v) is 2.71. The maximum absolute atomic E-state index is 12.4. The number of benzene rings is 2. The van der Waals surface area contributed by atoms with E-state index in [0.29, 0.717) is 23.6 Å². The van der Waals surface area contributed by atoms with Gasteiger partial charge in [-0.25, -0.2) is 0 Å². The smallest absolute Gasteiger partial charge is 0.280 e. The van der Waals surface area contributed by atoms with Crippen LogP contribution >= 0.6 is 0 Å². The highest BCUT2D eigenvalue weighted by Gasteiger charge is 2.17. The second kappa shape index (κ2) is 9.21. The Morgan fingerprint density at radius 1 is 1.20 bits per heavy atom. The second-order valence-electron chi connectivity index (χ2n) is 6.06. The first-order valence-corrected chi connectivity index (χ1v) is 9.01. The minimum absolute atomic E-state index is 0.101. The molecule has 1 amide bonds. The largest absolute Gasteiger partial charge is 0.494 e. The van der Waals surface area contributed by atoms with E-state index in [1.165, 1.54) is 18.2 Å². The Morgan fingerprint density at radius 3 is 2.60 bits per heavy atom. The van der Waals surface area contributed by atoms with Gasteiger partial charge in [0.1, 0.15) is 28.9 Å². The third kappa shape index (κ3) is 4.72. The molecule has 0 saturated carbocycles. The summed E-state index contributed by atoms with van der Waals surface area (Å²) in [5.41, 5.74) is 0.535. The molecule has 8 heteroatoms. The van der Waals surface area contributed by atoms with Gasteiger partial charge in [-0.05, 0) is 49.4 Å².